The van der Waals surface area contributed by atoms with Crippen LogP contribution >= 0.6 is 11.3 Å². The van der Waals surface area contributed by atoms with Crippen LogP contribution in [0.15, 0.2) is 47.8 Å². The van der Waals surface area contributed by atoms with Crippen molar-refractivity contribution in [1.82, 2.24) is 9.78 Å². The van der Waals surface area contributed by atoms with E-state index in [1.54, 1.807) is 11.3 Å². The first-order valence-corrected chi connectivity index (χ1v) is 6.80. The molecule has 0 spiro atoms. The standard InChI is InChI=1S/C15H14N2S/c1-11-10-12(2)17(16-11)14-7-4-3-6-13(14)15-8-5-9-18-15/h3-10H,1-2H3. The highest BCUT2D eigenvalue weighted by Gasteiger charge is 2.10. The normalized spacial score (nSPS) is 10.8. The third kappa shape index (κ3) is 1.87. The second-order valence-electron chi connectivity index (χ2n) is 4.33. The van der Waals surface area contributed by atoms with E-state index in [1.165, 1.54) is 10.4 Å². The van der Waals surface area contributed by atoms with Gasteiger partial charge in [-0.1, -0.05) is 24.3 Å². The Hall–Kier alpha value is -1.87. The Bertz CT molecular complexity index is 666. The van der Waals surface area contributed by atoms with Crippen molar-refractivity contribution in [2.24, 2.45) is 0 Å². The molecule has 2 nitrogen and oxygen atoms in total. The molecule has 0 saturated heterocycles. The van der Waals surface area contributed by atoms with Gasteiger partial charge in [-0.05, 0) is 37.4 Å². The molecule has 0 amide bonds. The van der Waals surface area contributed by atoms with Crippen LogP contribution in [-0.2, 0) is 0 Å². The molecule has 0 unspecified atom stereocenters. The van der Waals surface area contributed by atoms with Gasteiger partial charge in [0.05, 0.1) is 11.4 Å². The second kappa shape index (κ2) is 4.42. The summed E-state index contributed by atoms with van der Waals surface area (Å²) in [5.74, 6) is 0. The van der Waals surface area contributed by atoms with E-state index < -0.39 is 0 Å². The molecule has 0 saturated carbocycles. The predicted molar refractivity (Wildman–Crippen MR) is 76.4 cm³/mol. The van der Waals surface area contributed by atoms with Crippen molar-refractivity contribution in [3.05, 3.63) is 59.2 Å². The SMILES string of the molecule is Cc1cc(C)n(-c2ccccc2-c2cccs2)n1. The van der Waals surface area contributed by atoms with E-state index in [1.807, 2.05) is 11.6 Å². The summed E-state index contributed by atoms with van der Waals surface area (Å²) in [6.45, 7) is 4.11. The number of hydrogen-bond donors (Lipinski definition) is 0. The summed E-state index contributed by atoms with van der Waals surface area (Å²) >= 11 is 1.76. The molecule has 1 aromatic carbocycles. The van der Waals surface area contributed by atoms with Crippen LogP contribution in [0.5, 0.6) is 0 Å². The lowest BCUT2D eigenvalue weighted by Gasteiger charge is -2.09. The Kier molecular flexibility index (Phi) is 2.76. The molecule has 3 rings (SSSR count). The molecule has 2 aromatic heterocycles. The van der Waals surface area contributed by atoms with Gasteiger partial charge < -0.3 is 0 Å². The van der Waals surface area contributed by atoms with Crippen molar-refractivity contribution in [3.8, 4) is 16.1 Å². The summed E-state index contributed by atoms with van der Waals surface area (Å²) in [5, 5.41) is 6.68. The Morgan fingerprint density at radius 1 is 1.06 bits per heavy atom. The first kappa shape index (κ1) is 11.2. The maximum atomic E-state index is 4.57. The largest absolute Gasteiger partial charge is 0.237 e. The van der Waals surface area contributed by atoms with Crippen LogP contribution in [0.25, 0.3) is 16.1 Å². The zero-order chi connectivity index (χ0) is 12.5. The summed E-state index contributed by atoms with van der Waals surface area (Å²) in [6, 6.07) is 14.7. The fraction of sp³-hybridized carbons (Fsp3) is 0.133. The molecule has 0 bridgehead atoms. The minimum absolute atomic E-state index is 1.05. The van der Waals surface area contributed by atoms with Gasteiger partial charge >= 0.3 is 0 Å². The quantitative estimate of drug-likeness (QED) is 0.669. The van der Waals surface area contributed by atoms with Crippen molar-refractivity contribution in [3.63, 3.8) is 0 Å². The van der Waals surface area contributed by atoms with Gasteiger partial charge in [0.15, 0.2) is 0 Å². The first-order chi connectivity index (χ1) is 8.75. The van der Waals surface area contributed by atoms with Gasteiger partial charge in [0, 0.05) is 16.1 Å². The average Bonchev–Trinajstić information content (AvgIpc) is 2.99. The van der Waals surface area contributed by atoms with Gasteiger partial charge in [0.1, 0.15) is 0 Å². The Morgan fingerprint density at radius 2 is 1.89 bits per heavy atom. The molecule has 3 aromatic rings. The highest BCUT2D eigenvalue weighted by molar-refractivity contribution is 7.13. The lowest BCUT2D eigenvalue weighted by Crippen LogP contribution is -2.00. The second-order valence-corrected chi connectivity index (χ2v) is 5.28. The third-order valence-electron chi connectivity index (χ3n) is 2.93. The van der Waals surface area contributed by atoms with E-state index in [2.05, 4.69) is 59.9 Å². The molecule has 0 aliphatic heterocycles. The maximum Gasteiger partial charge on any atom is 0.0735 e. The summed E-state index contributed by atoms with van der Waals surface area (Å²) in [7, 11) is 0. The molecule has 0 atom stereocenters. The summed E-state index contributed by atoms with van der Waals surface area (Å²) in [6.07, 6.45) is 0. The van der Waals surface area contributed by atoms with Crippen LogP contribution in [0.1, 0.15) is 11.4 Å². The summed E-state index contributed by atoms with van der Waals surface area (Å²) < 4.78 is 2.02. The topological polar surface area (TPSA) is 17.8 Å². The zero-order valence-corrected chi connectivity index (χ0v) is 11.2. The fourth-order valence-electron chi connectivity index (χ4n) is 2.17. The van der Waals surface area contributed by atoms with E-state index in [-0.39, 0.29) is 0 Å². The average molecular weight is 254 g/mol. The van der Waals surface area contributed by atoms with E-state index >= 15 is 0 Å². The van der Waals surface area contributed by atoms with Gasteiger partial charge in [-0.25, -0.2) is 4.68 Å². The zero-order valence-electron chi connectivity index (χ0n) is 10.4. The summed E-state index contributed by atoms with van der Waals surface area (Å²) in [5.41, 5.74) is 4.59. The molecule has 0 radical (unpaired) electrons. The lowest BCUT2D eigenvalue weighted by molar-refractivity contribution is 0.835. The first-order valence-electron chi connectivity index (χ1n) is 5.92. The molecule has 0 fully saturated rings. The van der Waals surface area contributed by atoms with Gasteiger partial charge in [0.25, 0.3) is 0 Å². The van der Waals surface area contributed by atoms with Gasteiger partial charge in [0.2, 0.25) is 0 Å². The van der Waals surface area contributed by atoms with E-state index in [4.69, 9.17) is 0 Å². The van der Waals surface area contributed by atoms with Gasteiger partial charge in [-0.3, -0.25) is 0 Å². The predicted octanol–water partition coefficient (Wildman–Crippen LogP) is 4.22. The van der Waals surface area contributed by atoms with Crippen LogP contribution in [0, 0.1) is 13.8 Å². The Labute approximate surface area is 111 Å². The number of aryl methyl sites for hydroxylation is 2. The molecular weight excluding hydrogens is 240 g/mol. The fourth-order valence-corrected chi connectivity index (χ4v) is 2.93. The van der Waals surface area contributed by atoms with Gasteiger partial charge in [-0.15, -0.1) is 11.3 Å². The maximum absolute atomic E-state index is 4.57. The molecular formula is C15H14N2S. The number of para-hydroxylation sites is 1. The number of aromatic nitrogens is 2. The van der Waals surface area contributed by atoms with Crippen molar-refractivity contribution in [2.45, 2.75) is 13.8 Å². The highest BCUT2D eigenvalue weighted by atomic mass is 32.1. The molecule has 18 heavy (non-hydrogen) atoms. The monoisotopic (exact) mass is 254 g/mol. The number of nitrogens with zero attached hydrogens (tertiary/aromatic N) is 2. The molecule has 0 aliphatic carbocycles. The molecule has 0 N–H and O–H groups in total. The number of thiophene rings is 1. The van der Waals surface area contributed by atoms with Crippen LogP contribution in [-0.4, -0.2) is 9.78 Å². The smallest absolute Gasteiger partial charge is 0.0735 e. The third-order valence-corrected chi connectivity index (χ3v) is 3.83. The van der Waals surface area contributed by atoms with Crippen LogP contribution in [0.4, 0.5) is 0 Å². The number of rotatable bonds is 2. The van der Waals surface area contributed by atoms with E-state index in [0.29, 0.717) is 0 Å². The molecule has 0 aliphatic rings. The molecule has 3 heteroatoms. The summed E-state index contributed by atoms with van der Waals surface area (Å²) in [4.78, 5) is 1.28. The highest BCUT2D eigenvalue weighted by Crippen LogP contribution is 2.30. The van der Waals surface area contributed by atoms with Crippen LogP contribution in [0.3, 0.4) is 0 Å². The van der Waals surface area contributed by atoms with Crippen molar-refractivity contribution >= 4 is 11.3 Å². The van der Waals surface area contributed by atoms with E-state index in [0.717, 1.165) is 17.1 Å². The van der Waals surface area contributed by atoms with Crippen molar-refractivity contribution < 1.29 is 0 Å². The number of hydrogen-bond acceptors (Lipinski definition) is 2. The van der Waals surface area contributed by atoms with E-state index in [9.17, 15) is 0 Å². The Morgan fingerprint density at radius 3 is 2.56 bits per heavy atom. The minimum atomic E-state index is 1.05. The lowest BCUT2D eigenvalue weighted by atomic mass is 10.1. The van der Waals surface area contributed by atoms with Crippen LogP contribution < -0.4 is 0 Å². The molecule has 90 valence electrons. The van der Waals surface area contributed by atoms with Crippen LogP contribution in [0.2, 0.25) is 0 Å². The number of benzene rings is 1. The van der Waals surface area contributed by atoms with Gasteiger partial charge in [-0.2, -0.15) is 5.10 Å². The molecule has 2 heterocycles. The minimum Gasteiger partial charge on any atom is -0.237 e. The Balaban J connectivity index is 2.21. The van der Waals surface area contributed by atoms with Crippen molar-refractivity contribution in [1.29, 1.82) is 0 Å². The van der Waals surface area contributed by atoms with Crippen molar-refractivity contribution in [2.75, 3.05) is 0 Å².